The molecule has 1 atom stereocenters. The van der Waals surface area contributed by atoms with Gasteiger partial charge in [0.25, 0.3) is 0 Å². The molecule has 144 valence electrons. The zero-order valence-electron chi connectivity index (χ0n) is 15.4. The highest BCUT2D eigenvalue weighted by molar-refractivity contribution is 5.79. The largest absolute Gasteiger partial charge is 0.349 e. The van der Waals surface area contributed by atoms with Crippen LogP contribution in [0.5, 0.6) is 0 Å². The highest BCUT2D eigenvalue weighted by atomic mass is 19.1. The topological polar surface area (TPSA) is 61.4 Å². The Balaban J connectivity index is 2.02. The van der Waals surface area contributed by atoms with E-state index < -0.39 is 23.6 Å². The van der Waals surface area contributed by atoms with E-state index in [0.29, 0.717) is 19.0 Å². The smallest absolute Gasteiger partial charge is 0.224 e. The molecule has 0 radical (unpaired) electrons. The molecule has 2 rings (SSSR count). The number of carbonyl (C=O) groups excluding carboxylic acids is 2. The Morgan fingerprint density at radius 2 is 1.85 bits per heavy atom. The number of likely N-dealkylation sites (tertiary alicyclic amines) is 1. The Hall–Kier alpha value is -2.02. The number of nitrogens with zero attached hydrogens (tertiary/aromatic N) is 1. The first-order valence-electron chi connectivity index (χ1n) is 9.05. The first kappa shape index (κ1) is 20.3. The third kappa shape index (κ3) is 5.49. The first-order chi connectivity index (χ1) is 12.4. The summed E-state index contributed by atoms with van der Waals surface area (Å²) >= 11 is 0. The van der Waals surface area contributed by atoms with E-state index in [-0.39, 0.29) is 17.9 Å². The fourth-order valence-electron chi connectivity index (χ4n) is 3.44. The number of hydrogen-bond donors (Lipinski definition) is 2. The lowest BCUT2D eigenvalue weighted by Crippen LogP contribution is -2.41. The van der Waals surface area contributed by atoms with Crippen LogP contribution in [0.15, 0.2) is 18.2 Å². The molecule has 1 unspecified atom stereocenters. The van der Waals surface area contributed by atoms with Gasteiger partial charge in [-0.05, 0) is 50.9 Å². The molecular weight excluding hydrogens is 340 g/mol. The molecule has 0 aliphatic carbocycles. The number of nitrogens with one attached hydrogen (secondary N) is 2. The van der Waals surface area contributed by atoms with Gasteiger partial charge in [-0.3, -0.25) is 9.59 Å². The second-order valence-corrected chi connectivity index (χ2v) is 6.81. The highest BCUT2D eigenvalue weighted by Gasteiger charge is 2.28. The molecular formula is C19H27F2N3O2. The van der Waals surface area contributed by atoms with Gasteiger partial charge in [0.05, 0.1) is 12.5 Å². The minimum Gasteiger partial charge on any atom is -0.349 e. The third-order valence-corrected chi connectivity index (χ3v) is 4.87. The molecule has 5 nitrogen and oxygen atoms in total. The van der Waals surface area contributed by atoms with Gasteiger partial charge in [-0.15, -0.1) is 0 Å². The van der Waals surface area contributed by atoms with Gasteiger partial charge in [0, 0.05) is 25.6 Å². The molecule has 1 aromatic carbocycles. The van der Waals surface area contributed by atoms with Crippen molar-refractivity contribution in [3.8, 4) is 0 Å². The molecule has 0 spiro atoms. The van der Waals surface area contributed by atoms with Crippen molar-refractivity contribution in [3.63, 3.8) is 0 Å². The Morgan fingerprint density at radius 1 is 1.23 bits per heavy atom. The molecule has 1 heterocycles. The van der Waals surface area contributed by atoms with Crippen LogP contribution in [0.1, 0.15) is 44.2 Å². The Kier molecular flexibility index (Phi) is 7.50. The van der Waals surface area contributed by atoms with Gasteiger partial charge < -0.3 is 15.5 Å². The van der Waals surface area contributed by atoms with E-state index in [9.17, 15) is 18.4 Å². The van der Waals surface area contributed by atoms with Gasteiger partial charge >= 0.3 is 0 Å². The summed E-state index contributed by atoms with van der Waals surface area (Å²) in [6.07, 6.45) is 2.77. The quantitative estimate of drug-likeness (QED) is 0.778. The summed E-state index contributed by atoms with van der Waals surface area (Å²) in [6.45, 7) is 3.50. The lowest BCUT2D eigenvalue weighted by molar-refractivity contribution is -0.133. The Morgan fingerprint density at radius 3 is 2.38 bits per heavy atom. The summed E-state index contributed by atoms with van der Waals surface area (Å²) < 4.78 is 28.2. The molecule has 1 aliphatic rings. The summed E-state index contributed by atoms with van der Waals surface area (Å²) in [4.78, 5) is 25.8. The predicted molar refractivity (Wildman–Crippen MR) is 95.4 cm³/mol. The molecule has 0 bridgehead atoms. The van der Waals surface area contributed by atoms with E-state index >= 15 is 0 Å². The molecule has 7 heteroatoms. The fourth-order valence-corrected chi connectivity index (χ4v) is 3.44. The zero-order valence-corrected chi connectivity index (χ0v) is 15.4. The number of carbonyl (C=O) groups is 2. The van der Waals surface area contributed by atoms with Gasteiger partial charge in [-0.25, -0.2) is 8.78 Å². The van der Waals surface area contributed by atoms with Crippen LogP contribution in [0, 0.1) is 17.6 Å². The van der Waals surface area contributed by atoms with Crippen LogP contribution in [-0.4, -0.2) is 43.4 Å². The van der Waals surface area contributed by atoms with Crippen LogP contribution in [0.3, 0.4) is 0 Å². The maximum atomic E-state index is 14.1. The Labute approximate surface area is 153 Å². The summed E-state index contributed by atoms with van der Waals surface area (Å²) in [5, 5.41) is 5.64. The number of halogens is 2. The van der Waals surface area contributed by atoms with E-state index in [1.165, 1.54) is 13.0 Å². The van der Waals surface area contributed by atoms with Crippen molar-refractivity contribution in [1.29, 1.82) is 0 Å². The van der Waals surface area contributed by atoms with E-state index in [4.69, 9.17) is 0 Å². The van der Waals surface area contributed by atoms with E-state index in [0.717, 1.165) is 37.9 Å². The fraction of sp³-hybridized carbons (Fsp3) is 0.579. The van der Waals surface area contributed by atoms with Gasteiger partial charge in [0.2, 0.25) is 11.8 Å². The number of amides is 2. The number of hydrogen-bond acceptors (Lipinski definition) is 3. The maximum absolute atomic E-state index is 14.1. The second kappa shape index (κ2) is 9.62. The van der Waals surface area contributed by atoms with Crippen molar-refractivity contribution < 1.29 is 18.4 Å². The second-order valence-electron chi connectivity index (χ2n) is 6.81. The Bertz CT molecular complexity index is 611. The SMILES string of the molecule is CNCCC1CCN(C(=O)CC(NC(C)=O)c2c(F)cccc2F)CC1. The molecule has 2 N–H and O–H groups in total. The van der Waals surface area contributed by atoms with Crippen molar-refractivity contribution in [2.24, 2.45) is 5.92 Å². The molecule has 1 fully saturated rings. The van der Waals surface area contributed by atoms with Gasteiger partial charge in [0.1, 0.15) is 11.6 Å². The van der Waals surface area contributed by atoms with Crippen molar-refractivity contribution in [2.75, 3.05) is 26.7 Å². The lowest BCUT2D eigenvalue weighted by Gasteiger charge is -2.33. The van der Waals surface area contributed by atoms with Gasteiger partial charge in [-0.2, -0.15) is 0 Å². The minimum atomic E-state index is -1.01. The van der Waals surface area contributed by atoms with Crippen LogP contribution in [-0.2, 0) is 9.59 Å². The van der Waals surface area contributed by atoms with Gasteiger partial charge in [0.15, 0.2) is 0 Å². The third-order valence-electron chi connectivity index (χ3n) is 4.87. The van der Waals surface area contributed by atoms with E-state index in [1.54, 1.807) is 4.90 Å². The van der Waals surface area contributed by atoms with Crippen molar-refractivity contribution in [3.05, 3.63) is 35.4 Å². The molecule has 0 aromatic heterocycles. The summed E-state index contributed by atoms with van der Waals surface area (Å²) in [5.74, 6) is -1.57. The van der Waals surface area contributed by atoms with Crippen LogP contribution >= 0.6 is 0 Å². The van der Waals surface area contributed by atoms with Crippen molar-refractivity contribution in [2.45, 2.75) is 38.6 Å². The first-order valence-corrected chi connectivity index (χ1v) is 9.05. The molecule has 26 heavy (non-hydrogen) atoms. The number of piperidine rings is 1. The number of rotatable bonds is 7. The highest BCUT2D eigenvalue weighted by Crippen LogP contribution is 2.26. The van der Waals surface area contributed by atoms with Gasteiger partial charge in [-0.1, -0.05) is 6.07 Å². The predicted octanol–water partition coefficient (Wildman–Crippen LogP) is 2.38. The summed E-state index contributed by atoms with van der Waals surface area (Å²) in [7, 11) is 1.92. The van der Waals surface area contributed by atoms with Crippen molar-refractivity contribution in [1.82, 2.24) is 15.5 Å². The summed E-state index contributed by atoms with van der Waals surface area (Å²) in [6, 6.07) is 2.51. The van der Waals surface area contributed by atoms with E-state index in [2.05, 4.69) is 10.6 Å². The van der Waals surface area contributed by atoms with E-state index in [1.807, 2.05) is 7.05 Å². The normalized spacial score (nSPS) is 16.4. The molecule has 2 amide bonds. The molecule has 1 aromatic rings. The van der Waals surface area contributed by atoms with Crippen LogP contribution < -0.4 is 10.6 Å². The molecule has 0 saturated carbocycles. The average molecular weight is 367 g/mol. The molecule has 1 aliphatic heterocycles. The van der Waals surface area contributed by atoms with Crippen LogP contribution in [0.2, 0.25) is 0 Å². The van der Waals surface area contributed by atoms with Crippen molar-refractivity contribution >= 4 is 11.8 Å². The molecule has 1 saturated heterocycles. The zero-order chi connectivity index (χ0) is 19.1. The maximum Gasteiger partial charge on any atom is 0.224 e. The standard InChI is InChI=1S/C19H27F2N3O2/c1-13(25)23-17(19-15(20)4-3-5-16(19)21)12-18(26)24-10-7-14(8-11-24)6-9-22-2/h3-5,14,17,22H,6-12H2,1-2H3,(H,23,25). The average Bonchev–Trinajstić information content (AvgIpc) is 2.59. The van der Waals surface area contributed by atoms with Crippen LogP contribution in [0.25, 0.3) is 0 Å². The number of benzene rings is 1. The minimum absolute atomic E-state index is 0.154. The summed E-state index contributed by atoms with van der Waals surface area (Å²) in [5.41, 5.74) is -0.264. The van der Waals surface area contributed by atoms with Crippen LogP contribution in [0.4, 0.5) is 8.78 Å². The lowest BCUT2D eigenvalue weighted by atomic mass is 9.93. The monoisotopic (exact) mass is 367 g/mol.